The van der Waals surface area contributed by atoms with Crippen molar-refractivity contribution in [3.63, 3.8) is 0 Å². The molecule has 0 saturated heterocycles. The number of amides is 1. The molecule has 0 fully saturated rings. The monoisotopic (exact) mass is 447 g/mol. The van der Waals surface area contributed by atoms with E-state index in [-0.39, 0.29) is 23.2 Å². The molecule has 31 heavy (non-hydrogen) atoms. The van der Waals surface area contributed by atoms with E-state index in [2.05, 4.69) is 5.32 Å². The fraction of sp³-hybridized carbons (Fsp3) is 0.409. The Morgan fingerprint density at radius 3 is 2.68 bits per heavy atom. The van der Waals surface area contributed by atoms with Gasteiger partial charge in [-0.05, 0) is 32.0 Å². The molecule has 0 aliphatic carbocycles. The Morgan fingerprint density at radius 2 is 1.90 bits per heavy atom. The average Bonchev–Trinajstić information content (AvgIpc) is 3.11. The lowest BCUT2D eigenvalue weighted by Crippen LogP contribution is -2.19. The van der Waals surface area contributed by atoms with E-state index in [1.165, 1.54) is 12.1 Å². The lowest BCUT2D eigenvalue weighted by molar-refractivity contribution is -0.115. The van der Waals surface area contributed by atoms with Gasteiger partial charge in [-0.2, -0.15) is 0 Å². The van der Waals surface area contributed by atoms with Gasteiger partial charge in [0.25, 0.3) is 0 Å². The van der Waals surface area contributed by atoms with Crippen molar-refractivity contribution >= 4 is 21.4 Å². The fourth-order valence-electron chi connectivity index (χ4n) is 3.59. The predicted molar refractivity (Wildman–Crippen MR) is 114 cm³/mol. The van der Waals surface area contributed by atoms with Crippen LogP contribution in [-0.2, 0) is 21.1 Å². The molecule has 8 nitrogen and oxygen atoms in total. The van der Waals surface area contributed by atoms with Crippen molar-refractivity contribution < 1.29 is 32.2 Å². The Kier molecular flexibility index (Phi) is 5.95. The van der Waals surface area contributed by atoms with Crippen molar-refractivity contribution in [2.24, 2.45) is 0 Å². The van der Waals surface area contributed by atoms with Crippen molar-refractivity contribution in [3.8, 4) is 23.0 Å². The Labute approximate surface area is 181 Å². The van der Waals surface area contributed by atoms with Crippen molar-refractivity contribution in [2.75, 3.05) is 30.9 Å². The van der Waals surface area contributed by atoms with Gasteiger partial charge in [0.1, 0.15) is 30.8 Å². The molecule has 1 atom stereocenters. The zero-order valence-electron chi connectivity index (χ0n) is 17.5. The molecule has 4 rings (SSSR count). The molecule has 0 unspecified atom stereocenters. The largest absolute Gasteiger partial charge is 0.492 e. The fourth-order valence-corrected chi connectivity index (χ4v) is 4.84. The van der Waals surface area contributed by atoms with Crippen LogP contribution in [0.4, 0.5) is 5.69 Å². The Hall–Kier alpha value is -2.94. The number of carbonyl (C=O) groups is 1. The van der Waals surface area contributed by atoms with E-state index in [0.717, 1.165) is 12.0 Å². The molecule has 2 aliphatic heterocycles. The van der Waals surface area contributed by atoms with Gasteiger partial charge in [-0.15, -0.1) is 0 Å². The van der Waals surface area contributed by atoms with Crippen molar-refractivity contribution in [1.29, 1.82) is 0 Å². The number of benzene rings is 2. The lowest BCUT2D eigenvalue weighted by Gasteiger charge is -2.18. The predicted octanol–water partition coefficient (Wildman–Crippen LogP) is 2.98. The number of rotatable bonds is 7. The average molecular weight is 448 g/mol. The first-order valence-electron chi connectivity index (χ1n) is 10.2. The summed E-state index contributed by atoms with van der Waals surface area (Å²) >= 11 is 0. The smallest absolute Gasteiger partial charge is 0.225 e. The zero-order chi connectivity index (χ0) is 22.0. The summed E-state index contributed by atoms with van der Waals surface area (Å²) in [5, 5.41) is 2.76. The number of hydrogen-bond donors (Lipinski definition) is 1. The SMILES string of the molecule is CCOc1cc2c(cc1NC(=O)CCS(=O)(=O)c1ccc3c(c1)OCCO3)O[C@H](C)C2. The first-order valence-corrected chi connectivity index (χ1v) is 11.9. The minimum absolute atomic E-state index is 0.0616. The maximum atomic E-state index is 12.7. The van der Waals surface area contributed by atoms with E-state index < -0.39 is 15.7 Å². The summed E-state index contributed by atoms with van der Waals surface area (Å²) in [7, 11) is -3.67. The minimum atomic E-state index is -3.67. The number of nitrogens with one attached hydrogen (secondary N) is 1. The summed E-state index contributed by atoms with van der Waals surface area (Å²) < 4.78 is 47.7. The lowest BCUT2D eigenvalue weighted by atomic mass is 10.1. The van der Waals surface area contributed by atoms with E-state index in [9.17, 15) is 13.2 Å². The molecule has 0 bridgehead atoms. The van der Waals surface area contributed by atoms with Crippen LogP contribution >= 0.6 is 0 Å². The van der Waals surface area contributed by atoms with Crippen LogP contribution in [0.5, 0.6) is 23.0 Å². The molecule has 1 N–H and O–H groups in total. The standard InChI is InChI=1S/C22H25NO7S/c1-3-27-20-11-15-10-14(2)30-19(15)13-17(20)23-22(24)6-9-31(25,26)16-4-5-18-21(12-16)29-8-7-28-18/h4-5,11-14H,3,6-10H2,1-2H3,(H,23,24)/t14-/m1/s1. The van der Waals surface area contributed by atoms with Crippen LogP contribution in [-0.4, -0.2) is 46.0 Å². The second kappa shape index (κ2) is 8.66. The first kappa shape index (κ1) is 21.3. The minimum Gasteiger partial charge on any atom is -0.492 e. The Balaban J connectivity index is 1.44. The summed E-state index contributed by atoms with van der Waals surface area (Å²) in [4.78, 5) is 12.6. The van der Waals surface area contributed by atoms with Gasteiger partial charge in [-0.3, -0.25) is 4.79 Å². The third-order valence-electron chi connectivity index (χ3n) is 5.04. The topological polar surface area (TPSA) is 100 Å². The second-order valence-corrected chi connectivity index (χ2v) is 9.55. The highest BCUT2D eigenvalue weighted by molar-refractivity contribution is 7.91. The Bertz CT molecular complexity index is 1100. The second-order valence-electron chi connectivity index (χ2n) is 7.44. The van der Waals surface area contributed by atoms with E-state index in [4.69, 9.17) is 18.9 Å². The van der Waals surface area contributed by atoms with Crippen molar-refractivity contribution in [2.45, 2.75) is 37.7 Å². The zero-order valence-corrected chi connectivity index (χ0v) is 18.3. The first-order chi connectivity index (χ1) is 14.9. The van der Waals surface area contributed by atoms with Gasteiger partial charge in [0, 0.05) is 30.5 Å². The van der Waals surface area contributed by atoms with Crippen molar-refractivity contribution in [1.82, 2.24) is 0 Å². The molecule has 2 aromatic carbocycles. The highest BCUT2D eigenvalue weighted by Gasteiger charge is 2.24. The highest BCUT2D eigenvalue weighted by Crippen LogP contribution is 2.38. The van der Waals surface area contributed by atoms with Crippen LogP contribution < -0.4 is 24.3 Å². The normalized spacial score (nSPS) is 16.9. The van der Waals surface area contributed by atoms with Gasteiger partial charge in [0.2, 0.25) is 5.91 Å². The van der Waals surface area contributed by atoms with Crippen LogP contribution in [0.3, 0.4) is 0 Å². The number of anilines is 1. The number of fused-ring (bicyclic) bond motifs is 2. The maximum Gasteiger partial charge on any atom is 0.225 e. The molecule has 166 valence electrons. The number of hydrogen-bond acceptors (Lipinski definition) is 7. The number of ether oxygens (including phenoxy) is 4. The van der Waals surface area contributed by atoms with Gasteiger partial charge in [-0.1, -0.05) is 0 Å². The van der Waals surface area contributed by atoms with E-state index in [1.807, 2.05) is 19.9 Å². The van der Waals surface area contributed by atoms with Gasteiger partial charge < -0.3 is 24.3 Å². The summed E-state index contributed by atoms with van der Waals surface area (Å²) in [5.41, 5.74) is 1.49. The molecule has 0 radical (unpaired) electrons. The molecule has 0 saturated carbocycles. The summed E-state index contributed by atoms with van der Waals surface area (Å²) in [6, 6.07) is 8.07. The maximum absolute atomic E-state index is 12.7. The van der Waals surface area contributed by atoms with Gasteiger partial charge in [-0.25, -0.2) is 8.42 Å². The molecule has 9 heteroatoms. The van der Waals surface area contributed by atoms with Gasteiger partial charge in [0.05, 0.1) is 22.9 Å². The van der Waals surface area contributed by atoms with E-state index in [1.54, 1.807) is 12.1 Å². The van der Waals surface area contributed by atoms with Gasteiger partial charge in [0.15, 0.2) is 21.3 Å². The molecule has 2 aromatic rings. The summed E-state index contributed by atoms with van der Waals surface area (Å²) in [5.74, 6) is 1.40. The third-order valence-corrected chi connectivity index (χ3v) is 6.76. The van der Waals surface area contributed by atoms with E-state index >= 15 is 0 Å². The molecule has 0 spiro atoms. The molecule has 0 aromatic heterocycles. The summed E-state index contributed by atoms with van der Waals surface area (Å²) in [6.07, 6.45) is 0.639. The van der Waals surface area contributed by atoms with Crippen LogP contribution in [0, 0.1) is 0 Å². The number of sulfone groups is 1. The molecule has 2 heterocycles. The summed E-state index contributed by atoms with van der Waals surface area (Å²) in [6.45, 7) is 5.07. The van der Waals surface area contributed by atoms with Crippen LogP contribution in [0.1, 0.15) is 25.8 Å². The molecular formula is C22H25NO7S. The third kappa shape index (κ3) is 4.71. The highest BCUT2D eigenvalue weighted by atomic mass is 32.2. The van der Waals surface area contributed by atoms with Crippen molar-refractivity contribution in [3.05, 3.63) is 35.9 Å². The molecule has 2 aliphatic rings. The quantitative estimate of drug-likeness (QED) is 0.696. The van der Waals surface area contributed by atoms with Crippen LogP contribution in [0.2, 0.25) is 0 Å². The van der Waals surface area contributed by atoms with Gasteiger partial charge >= 0.3 is 0 Å². The Morgan fingerprint density at radius 1 is 1.13 bits per heavy atom. The van der Waals surface area contributed by atoms with E-state index in [0.29, 0.717) is 48.5 Å². The van der Waals surface area contributed by atoms with Crippen LogP contribution in [0.25, 0.3) is 0 Å². The molecular weight excluding hydrogens is 422 g/mol. The molecule has 1 amide bonds. The van der Waals surface area contributed by atoms with Crippen LogP contribution in [0.15, 0.2) is 35.2 Å². The number of carbonyl (C=O) groups excluding carboxylic acids is 1.